The van der Waals surface area contributed by atoms with Gasteiger partial charge in [-0.15, -0.1) is 0 Å². The molecule has 0 radical (unpaired) electrons. The van der Waals surface area contributed by atoms with Crippen LogP contribution in [0.2, 0.25) is 0 Å². The van der Waals surface area contributed by atoms with Crippen molar-refractivity contribution in [1.82, 2.24) is 10.3 Å². The van der Waals surface area contributed by atoms with Gasteiger partial charge in [-0.1, -0.05) is 29.8 Å². The topological polar surface area (TPSA) is 45.2 Å². The zero-order valence-corrected chi connectivity index (χ0v) is 14.9. The molecule has 4 nitrogen and oxygen atoms in total. The minimum atomic E-state index is 0.0812. The summed E-state index contributed by atoms with van der Waals surface area (Å²) in [4.78, 5) is 18.7. The van der Waals surface area contributed by atoms with Crippen molar-refractivity contribution < 1.29 is 4.79 Å². The van der Waals surface area contributed by atoms with E-state index in [1.165, 1.54) is 5.56 Å². The highest BCUT2D eigenvalue weighted by Gasteiger charge is 2.06. The van der Waals surface area contributed by atoms with Crippen LogP contribution in [0.25, 0.3) is 0 Å². The van der Waals surface area contributed by atoms with Gasteiger partial charge in [-0.05, 0) is 50.5 Å². The van der Waals surface area contributed by atoms with Crippen molar-refractivity contribution in [1.29, 1.82) is 0 Å². The van der Waals surface area contributed by atoms with E-state index in [4.69, 9.17) is 0 Å². The summed E-state index contributed by atoms with van der Waals surface area (Å²) < 4.78 is 0. The Morgan fingerprint density at radius 1 is 1.12 bits per heavy atom. The number of amides is 1. The number of aryl methyl sites for hydroxylation is 2. The molecule has 1 N–H and O–H groups in total. The predicted molar refractivity (Wildman–Crippen MR) is 99.1 cm³/mol. The normalized spacial score (nSPS) is 10.5. The molecule has 0 spiro atoms. The summed E-state index contributed by atoms with van der Waals surface area (Å²) in [5.41, 5.74) is 3.50. The van der Waals surface area contributed by atoms with E-state index < -0.39 is 0 Å². The van der Waals surface area contributed by atoms with Crippen molar-refractivity contribution in [3.63, 3.8) is 0 Å². The molecule has 0 aliphatic heterocycles. The van der Waals surface area contributed by atoms with Gasteiger partial charge >= 0.3 is 0 Å². The van der Waals surface area contributed by atoms with Crippen molar-refractivity contribution >= 4 is 11.7 Å². The molecule has 0 aliphatic rings. The van der Waals surface area contributed by atoms with Crippen molar-refractivity contribution in [3.05, 3.63) is 59.3 Å². The first kappa shape index (κ1) is 18.0. The van der Waals surface area contributed by atoms with Gasteiger partial charge in [0.2, 0.25) is 5.91 Å². The summed E-state index contributed by atoms with van der Waals surface area (Å²) in [7, 11) is 0. The molecular weight excluding hydrogens is 298 g/mol. The number of hydrogen-bond acceptors (Lipinski definition) is 3. The number of aromatic nitrogens is 1. The van der Waals surface area contributed by atoms with Gasteiger partial charge in [0.15, 0.2) is 0 Å². The number of carbonyl (C=O) groups excluding carboxylic acids is 1. The zero-order valence-electron chi connectivity index (χ0n) is 14.9. The minimum Gasteiger partial charge on any atom is -0.357 e. The molecule has 24 heavy (non-hydrogen) atoms. The van der Waals surface area contributed by atoms with Gasteiger partial charge in [0, 0.05) is 32.3 Å². The van der Waals surface area contributed by atoms with Crippen molar-refractivity contribution in [2.24, 2.45) is 0 Å². The maximum absolute atomic E-state index is 12.1. The van der Waals surface area contributed by atoms with Crippen LogP contribution >= 0.6 is 0 Å². The van der Waals surface area contributed by atoms with Crippen LogP contribution in [0.1, 0.15) is 37.0 Å². The lowest BCUT2D eigenvalue weighted by molar-refractivity contribution is -0.121. The maximum Gasteiger partial charge on any atom is 0.220 e. The lowest BCUT2D eigenvalue weighted by Crippen LogP contribution is -2.24. The lowest BCUT2D eigenvalue weighted by Gasteiger charge is -2.20. The molecule has 1 heterocycles. The first-order valence-corrected chi connectivity index (χ1v) is 8.64. The molecule has 1 amide bonds. The summed E-state index contributed by atoms with van der Waals surface area (Å²) in [6, 6.07) is 12.3. The number of hydrogen-bond donors (Lipinski definition) is 1. The molecule has 128 valence electrons. The first-order valence-electron chi connectivity index (χ1n) is 8.64. The number of nitrogens with zero attached hydrogens (tertiary/aromatic N) is 2. The Morgan fingerprint density at radius 3 is 2.62 bits per heavy atom. The number of anilines is 1. The predicted octanol–water partition coefficient (Wildman–Crippen LogP) is 3.49. The molecule has 1 aromatic carbocycles. The largest absolute Gasteiger partial charge is 0.357 e. The molecule has 0 saturated carbocycles. The van der Waals surface area contributed by atoms with Gasteiger partial charge in [-0.3, -0.25) is 4.79 Å². The Morgan fingerprint density at radius 2 is 1.92 bits per heavy atom. The highest BCUT2D eigenvalue weighted by molar-refractivity contribution is 5.76. The van der Waals surface area contributed by atoms with E-state index in [1.54, 1.807) is 0 Å². The van der Waals surface area contributed by atoms with E-state index >= 15 is 0 Å². The van der Waals surface area contributed by atoms with E-state index in [9.17, 15) is 4.79 Å². The van der Waals surface area contributed by atoms with Crippen LogP contribution in [0.15, 0.2) is 42.6 Å². The van der Waals surface area contributed by atoms with E-state index in [1.807, 2.05) is 24.4 Å². The van der Waals surface area contributed by atoms with Crippen LogP contribution in [0.5, 0.6) is 0 Å². The fraction of sp³-hybridized carbons (Fsp3) is 0.400. The van der Waals surface area contributed by atoms with Crippen LogP contribution in [0, 0.1) is 6.92 Å². The smallest absolute Gasteiger partial charge is 0.220 e. The van der Waals surface area contributed by atoms with Gasteiger partial charge in [0.25, 0.3) is 0 Å². The average molecular weight is 325 g/mol. The third kappa shape index (κ3) is 5.37. The highest BCUT2D eigenvalue weighted by atomic mass is 16.1. The second-order valence-electron chi connectivity index (χ2n) is 5.96. The van der Waals surface area contributed by atoms with Gasteiger partial charge in [0.05, 0.1) is 0 Å². The van der Waals surface area contributed by atoms with Crippen LogP contribution in [0.4, 0.5) is 5.82 Å². The Balaban J connectivity index is 1.84. The summed E-state index contributed by atoms with van der Waals surface area (Å²) in [5.74, 6) is 1.07. The molecule has 2 rings (SSSR count). The number of benzene rings is 1. The Bertz CT molecular complexity index is 665. The average Bonchev–Trinajstić information content (AvgIpc) is 2.60. The second-order valence-corrected chi connectivity index (χ2v) is 5.96. The molecule has 0 atom stereocenters. The zero-order chi connectivity index (χ0) is 17.4. The lowest BCUT2D eigenvalue weighted by atomic mass is 10.1. The summed E-state index contributed by atoms with van der Waals surface area (Å²) >= 11 is 0. The minimum absolute atomic E-state index is 0.0812. The number of nitrogens with one attached hydrogen (secondary N) is 1. The third-order valence-corrected chi connectivity index (χ3v) is 4.11. The second kappa shape index (κ2) is 9.06. The standard InChI is InChI=1S/C20H27N3O/c1-4-23(5-2)19-14-17(11-12-21-19)9-10-20(24)22-15-18-8-6-7-16(3)13-18/h6-8,11-14H,4-5,9-10,15H2,1-3H3,(H,22,24). The van der Waals surface area contributed by atoms with Crippen LogP contribution < -0.4 is 10.2 Å². The summed E-state index contributed by atoms with van der Waals surface area (Å²) in [6.45, 7) is 8.75. The SMILES string of the molecule is CCN(CC)c1cc(CCC(=O)NCc2cccc(C)c2)ccn1. The Labute approximate surface area is 144 Å². The van der Waals surface area contributed by atoms with Gasteiger partial charge in [-0.25, -0.2) is 4.98 Å². The number of rotatable bonds is 8. The van der Waals surface area contributed by atoms with Crippen molar-refractivity contribution in [3.8, 4) is 0 Å². The highest BCUT2D eigenvalue weighted by Crippen LogP contribution is 2.13. The van der Waals surface area contributed by atoms with E-state index in [0.29, 0.717) is 13.0 Å². The molecular formula is C20H27N3O. The third-order valence-electron chi connectivity index (χ3n) is 4.11. The molecule has 0 saturated heterocycles. The number of pyridine rings is 1. The molecule has 0 fully saturated rings. The van der Waals surface area contributed by atoms with Crippen LogP contribution in [0.3, 0.4) is 0 Å². The molecule has 0 unspecified atom stereocenters. The maximum atomic E-state index is 12.1. The fourth-order valence-corrected chi connectivity index (χ4v) is 2.71. The monoisotopic (exact) mass is 325 g/mol. The molecule has 0 bridgehead atoms. The van der Waals surface area contributed by atoms with Crippen LogP contribution in [-0.2, 0) is 17.8 Å². The van der Waals surface area contributed by atoms with E-state index in [2.05, 4.69) is 54.2 Å². The van der Waals surface area contributed by atoms with Crippen LogP contribution in [-0.4, -0.2) is 24.0 Å². The first-order chi connectivity index (χ1) is 11.6. The molecule has 4 heteroatoms. The van der Waals surface area contributed by atoms with Gasteiger partial charge in [-0.2, -0.15) is 0 Å². The van der Waals surface area contributed by atoms with Gasteiger partial charge in [0.1, 0.15) is 5.82 Å². The van der Waals surface area contributed by atoms with Gasteiger partial charge < -0.3 is 10.2 Å². The fourth-order valence-electron chi connectivity index (χ4n) is 2.71. The molecule has 0 aliphatic carbocycles. The van der Waals surface area contributed by atoms with Crippen molar-refractivity contribution in [2.75, 3.05) is 18.0 Å². The molecule has 1 aromatic heterocycles. The van der Waals surface area contributed by atoms with E-state index in [-0.39, 0.29) is 5.91 Å². The molecule has 2 aromatic rings. The van der Waals surface area contributed by atoms with Crippen molar-refractivity contribution in [2.45, 2.75) is 40.2 Å². The summed E-state index contributed by atoms with van der Waals surface area (Å²) in [5, 5.41) is 2.99. The van der Waals surface area contributed by atoms with E-state index in [0.717, 1.165) is 36.5 Å². The Kier molecular flexibility index (Phi) is 6.79. The number of carbonyl (C=O) groups is 1. The Hall–Kier alpha value is -2.36. The summed E-state index contributed by atoms with van der Waals surface area (Å²) in [6.07, 6.45) is 3.05. The quantitative estimate of drug-likeness (QED) is 0.808.